The van der Waals surface area contributed by atoms with Crippen molar-refractivity contribution in [1.29, 1.82) is 0 Å². The number of aryl methyl sites for hydroxylation is 1. The van der Waals surface area contributed by atoms with E-state index in [2.05, 4.69) is 51.2 Å². The van der Waals surface area contributed by atoms with Crippen LogP contribution in [0.2, 0.25) is 0 Å². The summed E-state index contributed by atoms with van der Waals surface area (Å²) in [5, 5.41) is 3.18. The second kappa shape index (κ2) is 4.26. The van der Waals surface area contributed by atoms with Gasteiger partial charge in [-0.3, -0.25) is 0 Å². The molecule has 0 heterocycles. The molecule has 0 aliphatic heterocycles. The van der Waals surface area contributed by atoms with E-state index in [4.69, 9.17) is 0 Å². The Morgan fingerprint density at radius 1 is 1.21 bits per heavy atom. The fraction of sp³-hybridized carbons (Fsp3) is 0.500. The van der Waals surface area contributed by atoms with Gasteiger partial charge in [0.1, 0.15) is 0 Å². The van der Waals surface area contributed by atoms with Gasteiger partial charge in [0, 0.05) is 22.4 Å². The molecule has 0 atom stereocenters. The third kappa shape index (κ3) is 3.26. The van der Waals surface area contributed by atoms with Gasteiger partial charge in [-0.05, 0) is 30.7 Å². The van der Waals surface area contributed by atoms with Gasteiger partial charge in [-0.1, -0.05) is 20.8 Å². The average molecular weight is 209 g/mol. The summed E-state index contributed by atoms with van der Waals surface area (Å²) >= 11 is 1.91. The molecule has 1 aromatic rings. The molecule has 0 spiro atoms. The van der Waals surface area contributed by atoms with Gasteiger partial charge < -0.3 is 5.32 Å². The van der Waals surface area contributed by atoms with Crippen molar-refractivity contribution in [2.75, 3.05) is 12.4 Å². The first-order valence-corrected chi connectivity index (χ1v) is 5.71. The lowest BCUT2D eigenvalue weighted by Crippen LogP contribution is -2.06. The van der Waals surface area contributed by atoms with Crippen LogP contribution in [0.4, 0.5) is 5.69 Å². The SMILES string of the molecule is CNc1ccc(SC(C)(C)C)cc1C. The Labute approximate surface area is 91.3 Å². The minimum Gasteiger partial charge on any atom is -0.388 e. The molecular weight excluding hydrogens is 190 g/mol. The molecule has 1 N–H and O–H groups in total. The molecule has 78 valence electrons. The molecule has 1 nitrogen and oxygen atoms in total. The molecule has 1 aromatic carbocycles. The maximum atomic E-state index is 3.18. The van der Waals surface area contributed by atoms with E-state index in [1.165, 1.54) is 16.1 Å². The van der Waals surface area contributed by atoms with Crippen LogP contribution in [0.25, 0.3) is 0 Å². The van der Waals surface area contributed by atoms with E-state index in [1.54, 1.807) is 0 Å². The number of hydrogen-bond donors (Lipinski definition) is 1. The highest BCUT2D eigenvalue weighted by molar-refractivity contribution is 8.00. The highest BCUT2D eigenvalue weighted by Crippen LogP contribution is 2.33. The Morgan fingerprint density at radius 3 is 2.29 bits per heavy atom. The van der Waals surface area contributed by atoms with Gasteiger partial charge >= 0.3 is 0 Å². The van der Waals surface area contributed by atoms with Crippen LogP contribution in [0.5, 0.6) is 0 Å². The largest absolute Gasteiger partial charge is 0.388 e. The van der Waals surface area contributed by atoms with Gasteiger partial charge in [0.25, 0.3) is 0 Å². The van der Waals surface area contributed by atoms with Crippen molar-refractivity contribution in [2.24, 2.45) is 0 Å². The number of anilines is 1. The maximum Gasteiger partial charge on any atom is 0.0368 e. The van der Waals surface area contributed by atoms with Gasteiger partial charge in [0.05, 0.1) is 0 Å². The van der Waals surface area contributed by atoms with Crippen LogP contribution < -0.4 is 5.32 Å². The predicted octanol–water partition coefficient (Wildman–Crippen LogP) is 3.93. The lowest BCUT2D eigenvalue weighted by Gasteiger charge is -2.18. The Bertz CT molecular complexity index is 313. The molecular formula is C12H19NS. The molecule has 0 saturated carbocycles. The molecule has 0 aromatic heterocycles. The number of hydrogen-bond acceptors (Lipinski definition) is 2. The second-order valence-electron chi connectivity index (χ2n) is 4.44. The van der Waals surface area contributed by atoms with Gasteiger partial charge in [0.15, 0.2) is 0 Å². The van der Waals surface area contributed by atoms with Crippen molar-refractivity contribution < 1.29 is 0 Å². The standard InChI is InChI=1S/C12H19NS/c1-9-8-10(14-12(2,3)4)6-7-11(9)13-5/h6-8,13H,1-5H3. The topological polar surface area (TPSA) is 12.0 Å². The summed E-state index contributed by atoms with van der Waals surface area (Å²) < 4.78 is 0.285. The van der Waals surface area contributed by atoms with Crippen molar-refractivity contribution in [3.05, 3.63) is 23.8 Å². The minimum absolute atomic E-state index is 0.285. The summed E-state index contributed by atoms with van der Waals surface area (Å²) in [4.78, 5) is 1.34. The van der Waals surface area contributed by atoms with Crippen LogP contribution in [0.1, 0.15) is 26.3 Å². The van der Waals surface area contributed by atoms with Crippen molar-refractivity contribution >= 4 is 17.4 Å². The van der Waals surface area contributed by atoms with Crippen LogP contribution in [-0.2, 0) is 0 Å². The predicted molar refractivity (Wildman–Crippen MR) is 66.3 cm³/mol. The van der Waals surface area contributed by atoms with Gasteiger partial charge in [0.2, 0.25) is 0 Å². The molecule has 0 fully saturated rings. The molecule has 0 aliphatic carbocycles. The molecule has 2 heteroatoms. The second-order valence-corrected chi connectivity index (χ2v) is 6.34. The Kier molecular flexibility index (Phi) is 3.48. The normalized spacial score (nSPS) is 11.5. The van der Waals surface area contributed by atoms with Crippen molar-refractivity contribution in [1.82, 2.24) is 0 Å². The summed E-state index contributed by atoms with van der Waals surface area (Å²) in [7, 11) is 1.96. The van der Waals surface area contributed by atoms with E-state index < -0.39 is 0 Å². The summed E-state index contributed by atoms with van der Waals surface area (Å²) in [6, 6.07) is 6.56. The zero-order chi connectivity index (χ0) is 10.8. The van der Waals surface area contributed by atoms with Gasteiger partial charge in [-0.2, -0.15) is 0 Å². The summed E-state index contributed by atoms with van der Waals surface area (Å²) in [5.41, 5.74) is 2.52. The number of nitrogens with one attached hydrogen (secondary N) is 1. The third-order valence-corrected chi connectivity index (χ3v) is 2.99. The van der Waals surface area contributed by atoms with E-state index in [0.29, 0.717) is 0 Å². The van der Waals surface area contributed by atoms with Gasteiger partial charge in [-0.25, -0.2) is 0 Å². The summed E-state index contributed by atoms with van der Waals surface area (Å²) in [5.74, 6) is 0. The molecule has 0 radical (unpaired) electrons. The van der Waals surface area contributed by atoms with Crippen LogP contribution >= 0.6 is 11.8 Å². The number of thioether (sulfide) groups is 1. The molecule has 0 saturated heterocycles. The Balaban J connectivity index is 2.87. The fourth-order valence-electron chi connectivity index (χ4n) is 1.33. The van der Waals surface area contributed by atoms with Crippen LogP contribution in [-0.4, -0.2) is 11.8 Å². The monoisotopic (exact) mass is 209 g/mol. The third-order valence-electron chi connectivity index (χ3n) is 1.89. The van der Waals surface area contributed by atoms with E-state index in [9.17, 15) is 0 Å². The zero-order valence-electron chi connectivity index (χ0n) is 9.64. The van der Waals surface area contributed by atoms with E-state index in [1.807, 2.05) is 18.8 Å². The fourth-order valence-corrected chi connectivity index (χ4v) is 2.41. The van der Waals surface area contributed by atoms with Crippen molar-refractivity contribution in [2.45, 2.75) is 37.3 Å². The van der Waals surface area contributed by atoms with Crippen molar-refractivity contribution in [3.8, 4) is 0 Å². The summed E-state index contributed by atoms with van der Waals surface area (Å²) in [6.07, 6.45) is 0. The molecule has 14 heavy (non-hydrogen) atoms. The Morgan fingerprint density at radius 2 is 1.86 bits per heavy atom. The smallest absolute Gasteiger partial charge is 0.0368 e. The lowest BCUT2D eigenvalue weighted by molar-refractivity contribution is 0.803. The van der Waals surface area contributed by atoms with Gasteiger partial charge in [-0.15, -0.1) is 11.8 Å². The first-order valence-electron chi connectivity index (χ1n) is 4.90. The molecule has 0 aliphatic rings. The van der Waals surface area contributed by atoms with E-state index in [0.717, 1.165) is 0 Å². The van der Waals surface area contributed by atoms with E-state index in [-0.39, 0.29) is 4.75 Å². The Hall–Kier alpha value is -0.630. The molecule has 1 rings (SSSR count). The summed E-state index contributed by atoms with van der Waals surface area (Å²) in [6.45, 7) is 8.84. The molecule has 0 unspecified atom stereocenters. The quantitative estimate of drug-likeness (QED) is 0.741. The van der Waals surface area contributed by atoms with E-state index >= 15 is 0 Å². The highest BCUT2D eigenvalue weighted by atomic mass is 32.2. The zero-order valence-corrected chi connectivity index (χ0v) is 10.5. The molecule has 0 amide bonds. The van der Waals surface area contributed by atoms with Crippen LogP contribution in [0, 0.1) is 6.92 Å². The first-order chi connectivity index (χ1) is 6.42. The van der Waals surface area contributed by atoms with Crippen LogP contribution in [0.3, 0.4) is 0 Å². The number of benzene rings is 1. The van der Waals surface area contributed by atoms with Crippen LogP contribution in [0.15, 0.2) is 23.1 Å². The van der Waals surface area contributed by atoms with Crippen molar-refractivity contribution in [3.63, 3.8) is 0 Å². The molecule has 0 bridgehead atoms. The minimum atomic E-state index is 0.285. The average Bonchev–Trinajstić information content (AvgIpc) is 2.01. The lowest BCUT2D eigenvalue weighted by atomic mass is 10.2. The number of rotatable bonds is 2. The maximum absolute atomic E-state index is 3.18. The highest BCUT2D eigenvalue weighted by Gasteiger charge is 2.12. The first kappa shape index (κ1) is 11.4.